The molecule has 0 spiro atoms. The average Bonchev–Trinajstić information content (AvgIpc) is 2.89. The Bertz CT molecular complexity index is 573. The quantitative estimate of drug-likeness (QED) is 0.894. The Labute approximate surface area is 128 Å². The third kappa shape index (κ3) is 3.53. The third-order valence-electron chi connectivity index (χ3n) is 4.00. The molecule has 1 atom stereocenters. The van der Waals surface area contributed by atoms with Crippen molar-refractivity contribution >= 4 is 0 Å². The highest BCUT2D eigenvalue weighted by molar-refractivity contribution is 5.34. The molecule has 3 heteroatoms. The van der Waals surface area contributed by atoms with Gasteiger partial charge in [0.25, 0.3) is 0 Å². The summed E-state index contributed by atoms with van der Waals surface area (Å²) in [6, 6.07) is 10.9. The molecular weight excluding hydrogens is 258 g/mol. The highest BCUT2D eigenvalue weighted by atomic mass is 15.1. The summed E-state index contributed by atoms with van der Waals surface area (Å²) in [5.74, 6) is 0.607. The normalized spacial score (nSPS) is 13.7. The summed E-state index contributed by atoms with van der Waals surface area (Å²) in [5, 5.41) is 7.54. The lowest BCUT2D eigenvalue weighted by Crippen LogP contribution is -2.15. The molecule has 0 bridgehead atoms. The predicted octanol–water partition coefficient (Wildman–Crippen LogP) is 3.92. The number of aromatic amines is 1. The van der Waals surface area contributed by atoms with Gasteiger partial charge in [-0.3, -0.25) is 5.10 Å². The second-order valence-corrected chi connectivity index (χ2v) is 7.06. The van der Waals surface area contributed by atoms with E-state index in [4.69, 9.17) is 5.73 Å². The Morgan fingerprint density at radius 1 is 1.14 bits per heavy atom. The molecule has 0 aliphatic heterocycles. The molecule has 0 aliphatic rings. The Morgan fingerprint density at radius 3 is 2.19 bits per heavy atom. The number of benzene rings is 1. The van der Waals surface area contributed by atoms with Gasteiger partial charge in [0, 0.05) is 18.2 Å². The van der Waals surface area contributed by atoms with Crippen molar-refractivity contribution in [3.8, 4) is 0 Å². The van der Waals surface area contributed by atoms with Crippen molar-refractivity contribution in [2.24, 2.45) is 5.73 Å². The Kier molecular flexibility index (Phi) is 4.52. The molecule has 0 fully saturated rings. The fourth-order valence-electron chi connectivity index (χ4n) is 2.49. The second-order valence-electron chi connectivity index (χ2n) is 7.06. The van der Waals surface area contributed by atoms with Gasteiger partial charge in [-0.2, -0.15) is 5.10 Å². The van der Waals surface area contributed by atoms with Crippen LogP contribution in [-0.2, 0) is 5.41 Å². The van der Waals surface area contributed by atoms with E-state index in [9.17, 15) is 0 Å². The molecule has 3 N–H and O–H groups in total. The van der Waals surface area contributed by atoms with Crippen LogP contribution in [0.1, 0.15) is 69.0 Å². The number of nitrogens with one attached hydrogen (secondary N) is 1. The largest absolute Gasteiger partial charge is 0.329 e. The summed E-state index contributed by atoms with van der Waals surface area (Å²) < 4.78 is 0. The smallest absolute Gasteiger partial charge is 0.0650 e. The molecule has 1 aromatic carbocycles. The predicted molar refractivity (Wildman–Crippen MR) is 88.7 cm³/mol. The molecule has 0 aliphatic carbocycles. The van der Waals surface area contributed by atoms with Crippen LogP contribution < -0.4 is 5.73 Å². The molecule has 114 valence electrons. The summed E-state index contributed by atoms with van der Waals surface area (Å²) in [6.07, 6.45) is 0. The van der Waals surface area contributed by atoms with Crippen molar-refractivity contribution in [1.82, 2.24) is 10.2 Å². The van der Waals surface area contributed by atoms with Crippen LogP contribution >= 0.6 is 0 Å². The Morgan fingerprint density at radius 2 is 1.76 bits per heavy atom. The van der Waals surface area contributed by atoms with Crippen molar-refractivity contribution in [1.29, 1.82) is 0 Å². The second kappa shape index (κ2) is 6.02. The monoisotopic (exact) mass is 285 g/mol. The van der Waals surface area contributed by atoms with Crippen molar-refractivity contribution in [3.63, 3.8) is 0 Å². The number of hydrogen-bond acceptors (Lipinski definition) is 2. The summed E-state index contributed by atoms with van der Waals surface area (Å²) in [5.41, 5.74) is 11.0. The maximum absolute atomic E-state index is 6.00. The number of nitrogens with two attached hydrogens (primary N) is 1. The van der Waals surface area contributed by atoms with Gasteiger partial charge in [0.1, 0.15) is 0 Å². The van der Waals surface area contributed by atoms with E-state index < -0.39 is 0 Å². The highest BCUT2D eigenvalue weighted by Crippen LogP contribution is 2.28. The van der Waals surface area contributed by atoms with Crippen LogP contribution in [0.2, 0.25) is 0 Å². The SMILES string of the molecule is CC(C)c1cc(C(CN)c2ccc(C(C)(C)C)cc2)[nH]n1. The molecule has 0 radical (unpaired) electrons. The van der Waals surface area contributed by atoms with Gasteiger partial charge in [0.05, 0.1) is 5.69 Å². The van der Waals surface area contributed by atoms with Crippen LogP contribution in [0.25, 0.3) is 0 Å². The first-order valence-corrected chi connectivity index (χ1v) is 7.68. The zero-order chi connectivity index (χ0) is 15.6. The maximum Gasteiger partial charge on any atom is 0.0650 e. The molecule has 0 saturated heterocycles. The van der Waals surface area contributed by atoms with E-state index in [0.29, 0.717) is 12.5 Å². The fraction of sp³-hybridized carbons (Fsp3) is 0.500. The first-order chi connectivity index (χ1) is 9.82. The molecular formula is C18H27N3. The van der Waals surface area contributed by atoms with Crippen LogP contribution in [0.3, 0.4) is 0 Å². The standard InChI is InChI=1S/C18H27N3/c1-12(2)16-10-17(21-20-16)15(11-19)13-6-8-14(9-7-13)18(3,4)5/h6-10,12,15H,11,19H2,1-5H3,(H,20,21). The number of nitrogens with zero attached hydrogens (tertiary/aromatic N) is 1. The van der Waals surface area contributed by atoms with Crippen LogP contribution in [0, 0.1) is 0 Å². The van der Waals surface area contributed by atoms with Crippen LogP contribution in [0.15, 0.2) is 30.3 Å². The van der Waals surface area contributed by atoms with E-state index in [1.54, 1.807) is 0 Å². The lowest BCUT2D eigenvalue weighted by atomic mass is 9.85. The highest BCUT2D eigenvalue weighted by Gasteiger charge is 2.18. The van der Waals surface area contributed by atoms with Crippen molar-refractivity contribution in [2.45, 2.75) is 51.9 Å². The molecule has 0 saturated carbocycles. The summed E-state index contributed by atoms with van der Waals surface area (Å²) >= 11 is 0. The maximum atomic E-state index is 6.00. The number of aromatic nitrogens is 2. The topological polar surface area (TPSA) is 54.7 Å². The minimum atomic E-state index is 0.176. The van der Waals surface area contributed by atoms with E-state index >= 15 is 0 Å². The van der Waals surface area contributed by atoms with E-state index in [1.165, 1.54) is 11.1 Å². The van der Waals surface area contributed by atoms with Crippen LogP contribution in [0.5, 0.6) is 0 Å². The molecule has 1 unspecified atom stereocenters. The van der Waals surface area contributed by atoms with Crippen LogP contribution in [-0.4, -0.2) is 16.7 Å². The van der Waals surface area contributed by atoms with Gasteiger partial charge in [-0.15, -0.1) is 0 Å². The number of rotatable bonds is 4. The average molecular weight is 285 g/mol. The first kappa shape index (κ1) is 15.8. The molecule has 1 heterocycles. The van der Waals surface area contributed by atoms with Crippen molar-refractivity contribution in [3.05, 3.63) is 52.8 Å². The van der Waals surface area contributed by atoms with Gasteiger partial charge in [-0.05, 0) is 28.5 Å². The van der Waals surface area contributed by atoms with Crippen molar-refractivity contribution in [2.75, 3.05) is 6.54 Å². The van der Waals surface area contributed by atoms with E-state index in [2.05, 4.69) is 75.1 Å². The minimum absolute atomic E-state index is 0.176. The summed E-state index contributed by atoms with van der Waals surface area (Å²) in [7, 11) is 0. The molecule has 1 aromatic heterocycles. The summed E-state index contributed by atoms with van der Waals surface area (Å²) in [4.78, 5) is 0. The number of hydrogen-bond donors (Lipinski definition) is 2. The van der Waals surface area contributed by atoms with Gasteiger partial charge in [-0.25, -0.2) is 0 Å². The Balaban J connectivity index is 2.28. The van der Waals surface area contributed by atoms with E-state index in [-0.39, 0.29) is 11.3 Å². The summed E-state index contributed by atoms with van der Waals surface area (Å²) in [6.45, 7) is 11.6. The lowest BCUT2D eigenvalue weighted by Gasteiger charge is -2.20. The van der Waals surface area contributed by atoms with Gasteiger partial charge in [0.2, 0.25) is 0 Å². The molecule has 2 rings (SSSR count). The van der Waals surface area contributed by atoms with E-state index in [1.807, 2.05) is 0 Å². The van der Waals surface area contributed by atoms with Gasteiger partial charge in [0.15, 0.2) is 0 Å². The zero-order valence-electron chi connectivity index (χ0n) is 13.8. The lowest BCUT2D eigenvalue weighted by molar-refractivity contribution is 0.589. The third-order valence-corrected chi connectivity index (χ3v) is 4.00. The molecule has 2 aromatic rings. The van der Waals surface area contributed by atoms with Gasteiger partial charge >= 0.3 is 0 Å². The molecule has 0 amide bonds. The van der Waals surface area contributed by atoms with Gasteiger partial charge < -0.3 is 5.73 Å². The number of H-pyrrole nitrogens is 1. The van der Waals surface area contributed by atoms with Gasteiger partial charge in [-0.1, -0.05) is 58.9 Å². The zero-order valence-corrected chi connectivity index (χ0v) is 13.8. The fourth-order valence-corrected chi connectivity index (χ4v) is 2.49. The molecule has 3 nitrogen and oxygen atoms in total. The minimum Gasteiger partial charge on any atom is -0.329 e. The molecule has 21 heavy (non-hydrogen) atoms. The van der Waals surface area contributed by atoms with Crippen LogP contribution in [0.4, 0.5) is 0 Å². The first-order valence-electron chi connectivity index (χ1n) is 7.68. The Hall–Kier alpha value is -1.61. The van der Waals surface area contributed by atoms with E-state index in [0.717, 1.165) is 11.4 Å². The van der Waals surface area contributed by atoms with Crippen molar-refractivity contribution < 1.29 is 0 Å².